The number of amides is 1. The minimum atomic E-state index is -2.85. The zero-order chi connectivity index (χ0) is 19.4. The second-order valence-electron chi connectivity index (χ2n) is 6.22. The molecule has 7 heteroatoms. The fourth-order valence-electron chi connectivity index (χ4n) is 2.99. The molecule has 0 radical (unpaired) electrons. The van der Waals surface area contributed by atoms with E-state index in [0.717, 1.165) is 22.3 Å². The maximum absolute atomic E-state index is 13.5. The summed E-state index contributed by atoms with van der Waals surface area (Å²) in [4.78, 5) is 15.4. The topological polar surface area (TPSA) is 54.1 Å². The zero-order valence-electron chi connectivity index (χ0n) is 14.7. The van der Waals surface area contributed by atoms with Crippen molar-refractivity contribution in [1.29, 1.82) is 0 Å². The van der Waals surface area contributed by atoms with Crippen LogP contribution in [0.5, 0.6) is 5.75 Å². The number of aromatic nitrogens is 1. The molecule has 3 aromatic rings. The fourth-order valence-corrected chi connectivity index (χ4v) is 2.99. The van der Waals surface area contributed by atoms with Crippen molar-refractivity contribution in [2.45, 2.75) is 26.4 Å². The molecule has 0 aliphatic rings. The van der Waals surface area contributed by atoms with Crippen LogP contribution in [0.2, 0.25) is 0 Å². The summed E-state index contributed by atoms with van der Waals surface area (Å²) in [6.07, 6.45) is 0.707. The lowest BCUT2D eigenvalue weighted by Gasteiger charge is -2.08. The van der Waals surface area contributed by atoms with Gasteiger partial charge in [-0.25, -0.2) is 4.39 Å². The van der Waals surface area contributed by atoms with E-state index >= 15 is 0 Å². The quantitative estimate of drug-likeness (QED) is 0.652. The summed E-state index contributed by atoms with van der Waals surface area (Å²) in [5.41, 5.74) is 3.29. The SMILES string of the molecule is Cc1[nH]c2ccc(F)cc2c1CC(=O)NCCc1ccc(OC(F)F)cc1. The Morgan fingerprint density at radius 2 is 1.93 bits per heavy atom. The Balaban J connectivity index is 1.54. The summed E-state index contributed by atoms with van der Waals surface area (Å²) in [6.45, 7) is -0.593. The van der Waals surface area contributed by atoms with Gasteiger partial charge in [0.15, 0.2) is 0 Å². The van der Waals surface area contributed by atoms with Gasteiger partial charge in [0.2, 0.25) is 5.91 Å². The highest BCUT2D eigenvalue weighted by Gasteiger charge is 2.13. The van der Waals surface area contributed by atoms with Crippen LogP contribution in [-0.2, 0) is 17.6 Å². The molecule has 2 aromatic carbocycles. The Bertz CT molecular complexity index is 936. The van der Waals surface area contributed by atoms with Crippen LogP contribution in [0.1, 0.15) is 16.8 Å². The number of alkyl halides is 2. The monoisotopic (exact) mass is 376 g/mol. The third-order valence-corrected chi connectivity index (χ3v) is 4.30. The highest BCUT2D eigenvalue weighted by molar-refractivity contribution is 5.90. The number of carbonyl (C=O) groups is 1. The summed E-state index contributed by atoms with van der Waals surface area (Å²) in [5.74, 6) is -0.414. The van der Waals surface area contributed by atoms with Crippen LogP contribution in [0.4, 0.5) is 13.2 Å². The lowest BCUT2D eigenvalue weighted by atomic mass is 10.1. The summed E-state index contributed by atoms with van der Waals surface area (Å²) in [6, 6.07) is 10.7. The lowest BCUT2D eigenvalue weighted by molar-refractivity contribution is -0.120. The Hall–Kier alpha value is -2.96. The van der Waals surface area contributed by atoms with E-state index in [1.807, 2.05) is 6.92 Å². The van der Waals surface area contributed by atoms with Gasteiger partial charge in [-0.3, -0.25) is 4.79 Å². The van der Waals surface area contributed by atoms with Gasteiger partial charge in [-0.2, -0.15) is 8.78 Å². The predicted octanol–water partition coefficient (Wildman–Crippen LogP) is 4.12. The molecule has 0 aliphatic heterocycles. The Morgan fingerprint density at radius 3 is 2.63 bits per heavy atom. The van der Waals surface area contributed by atoms with E-state index in [1.165, 1.54) is 24.3 Å². The largest absolute Gasteiger partial charge is 0.435 e. The van der Waals surface area contributed by atoms with Crippen molar-refractivity contribution in [1.82, 2.24) is 10.3 Å². The molecule has 0 fully saturated rings. The van der Waals surface area contributed by atoms with Gasteiger partial charge in [0, 0.05) is 23.1 Å². The molecule has 2 N–H and O–H groups in total. The molecule has 1 heterocycles. The molecule has 27 heavy (non-hydrogen) atoms. The molecule has 1 amide bonds. The molecule has 0 saturated carbocycles. The molecular weight excluding hydrogens is 357 g/mol. The van der Waals surface area contributed by atoms with E-state index in [1.54, 1.807) is 18.2 Å². The van der Waals surface area contributed by atoms with E-state index < -0.39 is 6.61 Å². The predicted molar refractivity (Wildman–Crippen MR) is 96.5 cm³/mol. The number of aromatic amines is 1. The molecule has 4 nitrogen and oxygen atoms in total. The van der Waals surface area contributed by atoms with E-state index in [4.69, 9.17) is 0 Å². The molecular formula is C20H19F3N2O2. The number of carbonyl (C=O) groups excluding carboxylic acids is 1. The van der Waals surface area contributed by atoms with Crippen LogP contribution in [0.15, 0.2) is 42.5 Å². The molecule has 0 bridgehead atoms. The first-order chi connectivity index (χ1) is 12.9. The number of rotatable bonds is 7. The molecule has 0 atom stereocenters. The van der Waals surface area contributed by atoms with Crippen LogP contribution in [0.25, 0.3) is 10.9 Å². The summed E-state index contributed by atoms with van der Waals surface area (Å²) >= 11 is 0. The van der Waals surface area contributed by atoms with Crippen molar-refractivity contribution in [2.24, 2.45) is 0 Å². The van der Waals surface area contributed by atoms with Crippen LogP contribution < -0.4 is 10.1 Å². The van der Waals surface area contributed by atoms with Crippen LogP contribution in [0.3, 0.4) is 0 Å². The highest BCUT2D eigenvalue weighted by Crippen LogP contribution is 2.23. The smallest absolute Gasteiger partial charge is 0.387 e. The molecule has 142 valence electrons. The number of hydrogen-bond donors (Lipinski definition) is 2. The third-order valence-electron chi connectivity index (χ3n) is 4.30. The maximum Gasteiger partial charge on any atom is 0.387 e. The number of fused-ring (bicyclic) bond motifs is 1. The number of hydrogen-bond acceptors (Lipinski definition) is 2. The lowest BCUT2D eigenvalue weighted by Crippen LogP contribution is -2.27. The summed E-state index contributed by atoms with van der Waals surface area (Å²) in [7, 11) is 0. The van der Waals surface area contributed by atoms with E-state index in [0.29, 0.717) is 18.4 Å². The first-order valence-corrected chi connectivity index (χ1v) is 8.49. The van der Waals surface area contributed by atoms with Crippen molar-refractivity contribution >= 4 is 16.8 Å². The number of nitrogens with one attached hydrogen (secondary N) is 2. The van der Waals surface area contributed by atoms with Gasteiger partial charge in [-0.1, -0.05) is 12.1 Å². The molecule has 1 aromatic heterocycles. The third kappa shape index (κ3) is 4.81. The number of benzene rings is 2. The number of halogens is 3. The second-order valence-corrected chi connectivity index (χ2v) is 6.22. The average molecular weight is 376 g/mol. The number of ether oxygens (including phenoxy) is 1. The number of aryl methyl sites for hydroxylation is 1. The molecule has 0 saturated heterocycles. The van der Waals surface area contributed by atoms with Crippen LogP contribution >= 0.6 is 0 Å². The minimum absolute atomic E-state index is 0.0971. The van der Waals surface area contributed by atoms with E-state index in [9.17, 15) is 18.0 Å². The maximum atomic E-state index is 13.5. The van der Waals surface area contributed by atoms with Gasteiger partial charge in [-0.05, 0) is 54.8 Å². The van der Waals surface area contributed by atoms with Crippen LogP contribution in [-0.4, -0.2) is 24.0 Å². The van der Waals surface area contributed by atoms with E-state index in [-0.39, 0.29) is 23.9 Å². The molecule has 3 rings (SSSR count). The van der Waals surface area contributed by atoms with Crippen molar-refractivity contribution in [3.05, 3.63) is 65.1 Å². The standard InChI is InChI=1S/C20H19F3N2O2/c1-12-16(17-10-14(21)4-7-18(17)25-12)11-19(26)24-9-8-13-2-5-15(6-3-13)27-20(22)23/h2-7,10,20,25H,8-9,11H2,1H3,(H,24,26). The summed E-state index contributed by atoms with van der Waals surface area (Å²) < 4.78 is 42.0. The Morgan fingerprint density at radius 1 is 1.19 bits per heavy atom. The van der Waals surface area contributed by atoms with Gasteiger partial charge < -0.3 is 15.0 Å². The average Bonchev–Trinajstić information content (AvgIpc) is 2.91. The molecule has 0 unspecified atom stereocenters. The Kier molecular flexibility index (Phi) is 5.69. The van der Waals surface area contributed by atoms with Gasteiger partial charge in [-0.15, -0.1) is 0 Å². The van der Waals surface area contributed by atoms with Crippen molar-refractivity contribution in [2.75, 3.05) is 6.54 Å². The van der Waals surface area contributed by atoms with Crippen molar-refractivity contribution in [3.8, 4) is 5.75 Å². The van der Waals surface area contributed by atoms with Crippen molar-refractivity contribution in [3.63, 3.8) is 0 Å². The second kappa shape index (κ2) is 8.16. The first kappa shape index (κ1) is 18.8. The van der Waals surface area contributed by atoms with Crippen molar-refractivity contribution < 1.29 is 22.7 Å². The number of H-pyrrole nitrogens is 1. The summed E-state index contributed by atoms with van der Waals surface area (Å²) in [5, 5.41) is 3.53. The fraction of sp³-hybridized carbons (Fsp3) is 0.250. The van der Waals surface area contributed by atoms with Gasteiger partial charge in [0.25, 0.3) is 0 Å². The molecule has 0 spiro atoms. The first-order valence-electron chi connectivity index (χ1n) is 8.49. The minimum Gasteiger partial charge on any atom is -0.435 e. The zero-order valence-corrected chi connectivity index (χ0v) is 14.7. The van der Waals surface area contributed by atoms with Gasteiger partial charge >= 0.3 is 6.61 Å². The normalized spacial score (nSPS) is 11.1. The van der Waals surface area contributed by atoms with Crippen LogP contribution in [0, 0.1) is 12.7 Å². The Labute approximate surface area is 154 Å². The van der Waals surface area contributed by atoms with Gasteiger partial charge in [0.05, 0.1) is 6.42 Å². The van der Waals surface area contributed by atoms with Gasteiger partial charge in [0.1, 0.15) is 11.6 Å². The highest BCUT2D eigenvalue weighted by atomic mass is 19.3. The van der Waals surface area contributed by atoms with E-state index in [2.05, 4.69) is 15.0 Å². The molecule has 0 aliphatic carbocycles.